The quantitative estimate of drug-likeness (QED) is 0.640. The van der Waals surface area contributed by atoms with E-state index in [0.29, 0.717) is 0 Å². The van der Waals surface area contributed by atoms with Gasteiger partial charge in [0.2, 0.25) is 0 Å². The Kier molecular flexibility index (Phi) is 6.13. The number of benzene rings is 1. The van der Waals surface area contributed by atoms with Crippen molar-refractivity contribution in [3.63, 3.8) is 0 Å². The highest BCUT2D eigenvalue weighted by atomic mass is 32.2. The molecule has 1 aromatic carbocycles. The van der Waals surface area contributed by atoms with Gasteiger partial charge in [-0.2, -0.15) is 0 Å². The van der Waals surface area contributed by atoms with Crippen molar-refractivity contribution in [3.05, 3.63) is 42.0 Å². The van der Waals surface area contributed by atoms with E-state index in [1.165, 1.54) is 17.5 Å². The Labute approximate surface area is 133 Å². The van der Waals surface area contributed by atoms with Gasteiger partial charge < -0.3 is 0 Å². The van der Waals surface area contributed by atoms with Crippen LogP contribution in [0.15, 0.2) is 39.5 Å². The number of rotatable bonds is 7. The summed E-state index contributed by atoms with van der Waals surface area (Å²) in [6.07, 6.45) is 1.17. The predicted molar refractivity (Wildman–Crippen MR) is 91.6 cm³/mol. The minimum absolute atomic E-state index is 0.934. The van der Waals surface area contributed by atoms with Crippen molar-refractivity contribution in [1.82, 2.24) is 10.2 Å². The minimum atomic E-state index is 0.934. The van der Waals surface area contributed by atoms with Crippen LogP contribution in [-0.2, 0) is 5.75 Å². The zero-order chi connectivity index (χ0) is 14.4. The molecule has 0 aliphatic heterocycles. The fourth-order valence-corrected chi connectivity index (χ4v) is 4.43. The Morgan fingerprint density at radius 1 is 1.15 bits per heavy atom. The minimum Gasteiger partial charge on any atom is -0.131 e. The van der Waals surface area contributed by atoms with Crippen LogP contribution < -0.4 is 0 Å². The molecule has 2 nitrogen and oxygen atoms in total. The predicted octanol–water partition coefficient (Wildman–Crippen LogP) is 5.37. The molecule has 0 N–H and O–H groups in total. The summed E-state index contributed by atoms with van der Waals surface area (Å²) >= 11 is 5.23. The first-order valence-electron chi connectivity index (χ1n) is 6.53. The van der Waals surface area contributed by atoms with Gasteiger partial charge in [-0.3, -0.25) is 0 Å². The van der Waals surface area contributed by atoms with E-state index < -0.39 is 0 Å². The Morgan fingerprint density at radius 2 is 1.80 bits per heavy atom. The molecule has 0 saturated carbocycles. The van der Waals surface area contributed by atoms with Crippen LogP contribution in [0.3, 0.4) is 0 Å². The SMILES string of the molecule is C=C(C)c1ccc(CSc2nnc(SCCC)s2)cc1. The number of hydrogen-bond acceptors (Lipinski definition) is 5. The van der Waals surface area contributed by atoms with E-state index in [-0.39, 0.29) is 0 Å². The summed E-state index contributed by atoms with van der Waals surface area (Å²) in [4.78, 5) is 0. The lowest BCUT2D eigenvalue weighted by molar-refractivity contribution is 0.952. The van der Waals surface area contributed by atoms with Crippen molar-refractivity contribution in [3.8, 4) is 0 Å². The number of thioether (sulfide) groups is 2. The van der Waals surface area contributed by atoms with Gasteiger partial charge in [0.25, 0.3) is 0 Å². The molecule has 1 heterocycles. The van der Waals surface area contributed by atoms with Crippen LogP contribution in [0.1, 0.15) is 31.4 Å². The highest BCUT2D eigenvalue weighted by molar-refractivity contribution is 8.02. The smallest absolute Gasteiger partial charge is 0.131 e. The summed E-state index contributed by atoms with van der Waals surface area (Å²) in [5.74, 6) is 2.05. The Hall–Kier alpha value is -0.780. The lowest BCUT2D eigenvalue weighted by Crippen LogP contribution is -1.83. The summed E-state index contributed by atoms with van der Waals surface area (Å²) in [5, 5.41) is 8.43. The van der Waals surface area contributed by atoms with Gasteiger partial charge in [0, 0.05) is 11.5 Å². The molecule has 1 aromatic heterocycles. The molecule has 0 spiro atoms. The lowest BCUT2D eigenvalue weighted by atomic mass is 10.1. The maximum absolute atomic E-state index is 4.23. The molecular weight excluding hydrogens is 304 g/mol. The third-order valence-electron chi connectivity index (χ3n) is 2.63. The van der Waals surface area contributed by atoms with Gasteiger partial charge in [-0.1, -0.05) is 78.2 Å². The van der Waals surface area contributed by atoms with Gasteiger partial charge in [0.15, 0.2) is 8.68 Å². The van der Waals surface area contributed by atoms with Gasteiger partial charge in [-0.25, -0.2) is 0 Å². The van der Waals surface area contributed by atoms with Gasteiger partial charge >= 0.3 is 0 Å². The highest BCUT2D eigenvalue weighted by Crippen LogP contribution is 2.31. The monoisotopic (exact) mass is 322 g/mol. The molecule has 2 aromatic rings. The van der Waals surface area contributed by atoms with Crippen molar-refractivity contribution in [1.29, 1.82) is 0 Å². The number of aromatic nitrogens is 2. The Bertz CT molecular complexity index is 561. The highest BCUT2D eigenvalue weighted by Gasteiger charge is 2.05. The maximum Gasteiger partial charge on any atom is 0.175 e. The molecule has 0 unspecified atom stereocenters. The molecule has 0 aliphatic rings. The third kappa shape index (κ3) is 4.65. The second-order valence-electron chi connectivity index (χ2n) is 4.45. The topological polar surface area (TPSA) is 25.8 Å². The van der Waals surface area contributed by atoms with Crippen LogP contribution in [0.25, 0.3) is 5.57 Å². The standard InChI is InChI=1S/C15H18N2S3/c1-4-9-18-14-16-17-15(20-14)19-10-12-5-7-13(8-6-12)11(2)3/h5-8H,2,4,9-10H2,1,3H3. The normalized spacial score (nSPS) is 10.7. The summed E-state index contributed by atoms with van der Waals surface area (Å²) in [5.41, 5.74) is 3.61. The van der Waals surface area contributed by atoms with Crippen molar-refractivity contribution in [2.75, 3.05) is 5.75 Å². The molecule has 20 heavy (non-hydrogen) atoms. The van der Waals surface area contributed by atoms with Crippen LogP contribution in [0.2, 0.25) is 0 Å². The summed E-state index contributed by atoms with van der Waals surface area (Å²) in [7, 11) is 0. The van der Waals surface area contributed by atoms with E-state index in [0.717, 1.165) is 25.8 Å². The average Bonchev–Trinajstić information content (AvgIpc) is 2.91. The fraction of sp³-hybridized carbons (Fsp3) is 0.333. The molecule has 2 rings (SSSR count). The fourth-order valence-electron chi connectivity index (χ4n) is 1.53. The molecule has 0 aliphatic carbocycles. The first-order chi connectivity index (χ1) is 9.69. The van der Waals surface area contributed by atoms with Crippen LogP contribution in [0, 0.1) is 0 Å². The van der Waals surface area contributed by atoms with Crippen molar-refractivity contribution < 1.29 is 0 Å². The zero-order valence-electron chi connectivity index (χ0n) is 11.8. The first kappa shape index (κ1) is 15.6. The molecule has 0 atom stereocenters. The Morgan fingerprint density at radius 3 is 2.40 bits per heavy atom. The van der Waals surface area contributed by atoms with Crippen LogP contribution in [0.4, 0.5) is 0 Å². The average molecular weight is 323 g/mol. The van der Waals surface area contributed by atoms with Crippen LogP contribution in [-0.4, -0.2) is 16.0 Å². The second kappa shape index (κ2) is 7.86. The maximum atomic E-state index is 4.23. The van der Waals surface area contributed by atoms with E-state index in [2.05, 4.69) is 48.0 Å². The van der Waals surface area contributed by atoms with Gasteiger partial charge in [0.05, 0.1) is 0 Å². The lowest BCUT2D eigenvalue weighted by Gasteiger charge is -2.02. The van der Waals surface area contributed by atoms with E-state index >= 15 is 0 Å². The van der Waals surface area contributed by atoms with Crippen LogP contribution >= 0.6 is 34.9 Å². The largest absolute Gasteiger partial charge is 0.175 e. The van der Waals surface area contributed by atoms with Crippen molar-refractivity contribution >= 4 is 40.4 Å². The summed E-state index contributed by atoms with van der Waals surface area (Å²) < 4.78 is 2.12. The zero-order valence-corrected chi connectivity index (χ0v) is 14.2. The third-order valence-corrected chi connectivity index (χ3v) is 6.09. The Balaban J connectivity index is 1.88. The molecular formula is C15H18N2S3. The van der Waals surface area contributed by atoms with E-state index in [1.807, 2.05) is 6.92 Å². The molecule has 0 radical (unpaired) electrons. The first-order valence-corrected chi connectivity index (χ1v) is 9.31. The summed E-state index contributed by atoms with van der Waals surface area (Å²) in [6.45, 7) is 8.16. The van der Waals surface area contributed by atoms with Crippen molar-refractivity contribution in [2.45, 2.75) is 34.7 Å². The number of nitrogens with zero attached hydrogens (tertiary/aromatic N) is 2. The molecule has 0 saturated heterocycles. The van der Waals surface area contributed by atoms with Gasteiger partial charge in [-0.05, 0) is 24.5 Å². The van der Waals surface area contributed by atoms with Gasteiger partial charge in [-0.15, -0.1) is 10.2 Å². The molecule has 5 heteroatoms. The van der Waals surface area contributed by atoms with E-state index in [9.17, 15) is 0 Å². The van der Waals surface area contributed by atoms with Gasteiger partial charge in [0.1, 0.15) is 0 Å². The van der Waals surface area contributed by atoms with Crippen LogP contribution in [0.5, 0.6) is 0 Å². The molecule has 0 amide bonds. The molecule has 106 valence electrons. The number of allylic oxidation sites excluding steroid dienone is 1. The van der Waals surface area contributed by atoms with Crippen molar-refractivity contribution in [2.24, 2.45) is 0 Å². The van der Waals surface area contributed by atoms with E-state index in [1.54, 1.807) is 34.9 Å². The van der Waals surface area contributed by atoms with E-state index in [4.69, 9.17) is 0 Å². The molecule has 0 bridgehead atoms. The number of hydrogen-bond donors (Lipinski definition) is 0. The second-order valence-corrected chi connectivity index (χ2v) is 7.99. The molecule has 0 fully saturated rings. The summed E-state index contributed by atoms with van der Waals surface area (Å²) in [6, 6.07) is 8.57.